The van der Waals surface area contributed by atoms with Crippen molar-refractivity contribution in [1.82, 2.24) is 0 Å². The van der Waals surface area contributed by atoms with Crippen molar-refractivity contribution in [3.8, 4) is 0 Å². The number of rotatable bonds is 5. The summed E-state index contributed by atoms with van der Waals surface area (Å²) in [6, 6.07) is 15.6. The van der Waals surface area contributed by atoms with E-state index in [1.807, 2.05) is 47.4 Å². The summed E-state index contributed by atoms with van der Waals surface area (Å²) in [5.41, 5.74) is 8.58. The lowest BCUT2D eigenvalue weighted by atomic mass is 10.2. The van der Waals surface area contributed by atoms with Gasteiger partial charge in [0.05, 0.1) is 23.0 Å². The van der Waals surface area contributed by atoms with Gasteiger partial charge in [0, 0.05) is 13.1 Å². The molecule has 2 rings (SSSR count). The van der Waals surface area contributed by atoms with Crippen LogP contribution in [0.4, 0.5) is 11.4 Å². The molecule has 4 heteroatoms. The van der Waals surface area contributed by atoms with Gasteiger partial charge in [0.15, 0.2) is 0 Å². The zero-order valence-electron chi connectivity index (χ0n) is 10.6. The second kappa shape index (κ2) is 6.45. The van der Waals surface area contributed by atoms with E-state index in [0.29, 0.717) is 23.8 Å². The lowest BCUT2D eigenvalue weighted by molar-refractivity contribution is 0.301. The van der Waals surface area contributed by atoms with Gasteiger partial charge in [-0.3, -0.25) is 0 Å². The van der Waals surface area contributed by atoms with Crippen LogP contribution in [0.5, 0.6) is 0 Å². The number of benzene rings is 2. The molecule has 0 radical (unpaired) electrons. The van der Waals surface area contributed by atoms with Crippen molar-refractivity contribution in [3.05, 3.63) is 59.1 Å². The largest absolute Gasteiger partial charge is 0.396 e. The standard InChI is InChI=1S/C15H17ClN2O/c16-13-7-4-8-14(15(13)17)18(9-10-19)11-12-5-2-1-3-6-12/h1-8,19H,9-11,17H2. The predicted molar refractivity (Wildman–Crippen MR) is 80.4 cm³/mol. The van der Waals surface area contributed by atoms with Crippen molar-refractivity contribution >= 4 is 23.0 Å². The quantitative estimate of drug-likeness (QED) is 0.826. The van der Waals surface area contributed by atoms with Gasteiger partial charge in [0.2, 0.25) is 0 Å². The predicted octanol–water partition coefficient (Wildman–Crippen LogP) is 2.92. The van der Waals surface area contributed by atoms with E-state index in [2.05, 4.69) is 0 Å². The van der Waals surface area contributed by atoms with Crippen LogP contribution in [0.15, 0.2) is 48.5 Å². The van der Waals surface area contributed by atoms with E-state index in [0.717, 1.165) is 11.3 Å². The van der Waals surface area contributed by atoms with Crippen molar-refractivity contribution < 1.29 is 5.11 Å². The average molecular weight is 277 g/mol. The maximum absolute atomic E-state index is 9.22. The topological polar surface area (TPSA) is 49.5 Å². The summed E-state index contributed by atoms with van der Waals surface area (Å²) < 4.78 is 0. The van der Waals surface area contributed by atoms with Gasteiger partial charge in [-0.2, -0.15) is 0 Å². The van der Waals surface area contributed by atoms with Gasteiger partial charge in [-0.15, -0.1) is 0 Å². The van der Waals surface area contributed by atoms with E-state index in [1.165, 1.54) is 0 Å². The fourth-order valence-corrected chi connectivity index (χ4v) is 2.18. The Labute approximate surface area is 118 Å². The fourth-order valence-electron chi connectivity index (χ4n) is 2.01. The maximum Gasteiger partial charge on any atom is 0.0741 e. The molecule has 0 unspecified atom stereocenters. The Hall–Kier alpha value is -1.71. The summed E-state index contributed by atoms with van der Waals surface area (Å²) in [5.74, 6) is 0. The Kier molecular flexibility index (Phi) is 4.66. The Morgan fingerprint density at radius 3 is 2.47 bits per heavy atom. The van der Waals surface area contributed by atoms with Crippen LogP contribution in [-0.2, 0) is 6.54 Å². The summed E-state index contributed by atoms with van der Waals surface area (Å²) >= 11 is 6.05. The molecule has 0 aliphatic carbocycles. The molecule has 0 spiro atoms. The van der Waals surface area contributed by atoms with E-state index >= 15 is 0 Å². The molecule has 0 amide bonds. The number of halogens is 1. The Balaban J connectivity index is 2.27. The number of nitrogen functional groups attached to an aromatic ring is 1. The van der Waals surface area contributed by atoms with Crippen LogP contribution in [0.2, 0.25) is 5.02 Å². The zero-order valence-corrected chi connectivity index (χ0v) is 11.3. The van der Waals surface area contributed by atoms with Gasteiger partial charge in [0.1, 0.15) is 0 Å². The smallest absolute Gasteiger partial charge is 0.0741 e. The molecule has 0 aliphatic rings. The Morgan fingerprint density at radius 1 is 1.05 bits per heavy atom. The van der Waals surface area contributed by atoms with E-state index in [1.54, 1.807) is 6.07 Å². The minimum atomic E-state index is 0.0682. The fraction of sp³-hybridized carbons (Fsp3) is 0.200. The molecule has 0 atom stereocenters. The highest BCUT2D eigenvalue weighted by Crippen LogP contribution is 2.30. The minimum absolute atomic E-state index is 0.0682. The Bertz CT molecular complexity index is 531. The summed E-state index contributed by atoms with van der Waals surface area (Å²) in [7, 11) is 0. The maximum atomic E-state index is 9.22. The van der Waals surface area contributed by atoms with E-state index in [9.17, 15) is 5.11 Å². The molecule has 0 fully saturated rings. The van der Waals surface area contributed by atoms with Crippen LogP contribution in [0.1, 0.15) is 5.56 Å². The van der Waals surface area contributed by atoms with Crippen molar-refractivity contribution in [2.45, 2.75) is 6.54 Å². The SMILES string of the molecule is Nc1c(Cl)cccc1N(CCO)Cc1ccccc1. The van der Waals surface area contributed by atoms with Crippen LogP contribution < -0.4 is 10.6 Å². The number of aliphatic hydroxyl groups excluding tert-OH is 1. The monoisotopic (exact) mass is 276 g/mol. The van der Waals surface area contributed by atoms with Crippen LogP contribution in [-0.4, -0.2) is 18.3 Å². The summed E-state index contributed by atoms with van der Waals surface area (Å²) in [4.78, 5) is 2.02. The number of nitrogens with zero attached hydrogens (tertiary/aromatic N) is 1. The van der Waals surface area contributed by atoms with Crippen molar-refractivity contribution in [2.24, 2.45) is 0 Å². The van der Waals surface area contributed by atoms with Gasteiger partial charge in [-0.05, 0) is 17.7 Å². The molecule has 19 heavy (non-hydrogen) atoms. The van der Waals surface area contributed by atoms with E-state index in [4.69, 9.17) is 17.3 Å². The minimum Gasteiger partial charge on any atom is -0.396 e. The van der Waals surface area contributed by atoms with Crippen molar-refractivity contribution in [1.29, 1.82) is 0 Å². The molecule has 0 saturated heterocycles. The summed E-state index contributed by atoms with van der Waals surface area (Å²) in [5, 5.41) is 9.76. The molecule has 0 aliphatic heterocycles. The van der Waals surface area contributed by atoms with Gasteiger partial charge in [0.25, 0.3) is 0 Å². The number of nitrogens with two attached hydrogens (primary N) is 1. The molecule has 100 valence electrons. The van der Waals surface area contributed by atoms with Crippen LogP contribution in [0, 0.1) is 0 Å². The number of hydrogen-bond acceptors (Lipinski definition) is 3. The molecule has 0 aromatic heterocycles. The molecule has 0 heterocycles. The normalized spacial score (nSPS) is 10.4. The highest BCUT2D eigenvalue weighted by atomic mass is 35.5. The Morgan fingerprint density at radius 2 is 1.79 bits per heavy atom. The number of para-hydroxylation sites is 1. The summed E-state index contributed by atoms with van der Waals surface area (Å²) in [6.07, 6.45) is 0. The molecule has 0 saturated carbocycles. The average Bonchev–Trinajstić information content (AvgIpc) is 2.43. The van der Waals surface area contributed by atoms with Gasteiger partial charge < -0.3 is 15.7 Å². The highest BCUT2D eigenvalue weighted by molar-refractivity contribution is 6.33. The molecular weight excluding hydrogens is 260 g/mol. The molecule has 2 aromatic carbocycles. The number of aliphatic hydroxyl groups is 1. The van der Waals surface area contributed by atoms with Crippen LogP contribution >= 0.6 is 11.6 Å². The second-order valence-electron chi connectivity index (χ2n) is 4.30. The van der Waals surface area contributed by atoms with Crippen molar-refractivity contribution in [2.75, 3.05) is 23.8 Å². The lowest BCUT2D eigenvalue weighted by Gasteiger charge is -2.25. The third kappa shape index (κ3) is 3.40. The van der Waals surface area contributed by atoms with Crippen molar-refractivity contribution in [3.63, 3.8) is 0 Å². The molecule has 3 N–H and O–H groups in total. The van der Waals surface area contributed by atoms with E-state index in [-0.39, 0.29) is 6.61 Å². The number of hydrogen-bond donors (Lipinski definition) is 2. The van der Waals surface area contributed by atoms with Crippen LogP contribution in [0.25, 0.3) is 0 Å². The zero-order chi connectivity index (χ0) is 13.7. The van der Waals surface area contributed by atoms with Gasteiger partial charge in [-0.1, -0.05) is 48.0 Å². The van der Waals surface area contributed by atoms with Gasteiger partial charge >= 0.3 is 0 Å². The summed E-state index contributed by atoms with van der Waals surface area (Å²) in [6.45, 7) is 1.27. The first kappa shape index (κ1) is 13.7. The molecule has 0 bridgehead atoms. The molecule has 2 aromatic rings. The third-order valence-electron chi connectivity index (χ3n) is 2.96. The van der Waals surface area contributed by atoms with Gasteiger partial charge in [-0.25, -0.2) is 0 Å². The first-order chi connectivity index (χ1) is 9.22. The highest BCUT2D eigenvalue weighted by Gasteiger charge is 2.11. The van der Waals surface area contributed by atoms with Crippen LogP contribution in [0.3, 0.4) is 0 Å². The molecule has 3 nitrogen and oxygen atoms in total. The molecular formula is C15H17ClN2O. The van der Waals surface area contributed by atoms with E-state index < -0.39 is 0 Å². The first-order valence-corrected chi connectivity index (χ1v) is 6.54. The second-order valence-corrected chi connectivity index (χ2v) is 4.71. The lowest BCUT2D eigenvalue weighted by Crippen LogP contribution is -2.26. The number of anilines is 2. The first-order valence-electron chi connectivity index (χ1n) is 6.16. The third-order valence-corrected chi connectivity index (χ3v) is 3.29.